The highest BCUT2D eigenvalue weighted by Crippen LogP contribution is 2.30. The molecule has 1 fully saturated rings. The van der Waals surface area contributed by atoms with E-state index in [1.807, 2.05) is 11.6 Å². The third kappa shape index (κ3) is 1.92. The number of ether oxygens (including phenoxy) is 1. The van der Waals surface area contributed by atoms with Crippen molar-refractivity contribution in [3.8, 4) is 0 Å². The molecule has 1 aromatic rings. The van der Waals surface area contributed by atoms with E-state index in [2.05, 4.69) is 13.0 Å². The minimum absolute atomic E-state index is 0.500. The highest BCUT2D eigenvalue weighted by molar-refractivity contribution is 5.76. The molecule has 1 saturated heterocycles. The fourth-order valence-electron chi connectivity index (χ4n) is 2.52. The molecule has 0 spiro atoms. The van der Waals surface area contributed by atoms with Gasteiger partial charge in [0, 0.05) is 26.0 Å². The minimum Gasteiger partial charge on any atom is -0.381 e. The molecule has 0 aliphatic carbocycles. The molecular weight excluding hydrogens is 202 g/mol. The second-order valence-electron chi connectivity index (χ2n) is 4.39. The predicted molar refractivity (Wildman–Crippen MR) is 63.0 cm³/mol. The summed E-state index contributed by atoms with van der Waals surface area (Å²) in [5.74, 6) is 0.500. The summed E-state index contributed by atoms with van der Waals surface area (Å²) in [5.41, 5.74) is 3.31. The molecule has 0 amide bonds. The standard InChI is InChI=1S/C13H19NO2/c1-3-11-8-12(13(9-15)14(11)2)10-4-6-16-7-5-10/h8-10H,3-7H2,1-2H3. The van der Waals surface area contributed by atoms with Gasteiger partial charge in [0.05, 0.1) is 5.69 Å². The summed E-state index contributed by atoms with van der Waals surface area (Å²) >= 11 is 0. The van der Waals surface area contributed by atoms with Crippen molar-refractivity contribution >= 4 is 6.29 Å². The van der Waals surface area contributed by atoms with Gasteiger partial charge < -0.3 is 9.30 Å². The van der Waals surface area contributed by atoms with Crippen LogP contribution in [0.15, 0.2) is 6.07 Å². The monoisotopic (exact) mass is 221 g/mol. The van der Waals surface area contributed by atoms with E-state index in [-0.39, 0.29) is 0 Å². The maximum absolute atomic E-state index is 11.2. The van der Waals surface area contributed by atoms with Crippen LogP contribution in [0.2, 0.25) is 0 Å². The maximum atomic E-state index is 11.2. The Bertz CT molecular complexity index is 376. The Balaban J connectivity index is 2.34. The Labute approximate surface area is 96.4 Å². The molecule has 1 aliphatic rings. The Morgan fingerprint density at radius 3 is 2.75 bits per heavy atom. The zero-order chi connectivity index (χ0) is 11.5. The van der Waals surface area contributed by atoms with E-state index in [1.54, 1.807) is 0 Å². The lowest BCUT2D eigenvalue weighted by Gasteiger charge is -2.21. The number of carbonyl (C=O) groups is 1. The summed E-state index contributed by atoms with van der Waals surface area (Å²) in [6.07, 6.45) is 4.03. The van der Waals surface area contributed by atoms with Crippen LogP contribution in [-0.2, 0) is 18.2 Å². The summed E-state index contributed by atoms with van der Waals surface area (Å²) in [7, 11) is 1.98. The number of rotatable bonds is 3. The van der Waals surface area contributed by atoms with Gasteiger partial charge in [0.25, 0.3) is 0 Å². The molecule has 0 N–H and O–H groups in total. The largest absolute Gasteiger partial charge is 0.381 e. The topological polar surface area (TPSA) is 31.2 Å². The van der Waals surface area contributed by atoms with Crippen molar-refractivity contribution in [2.24, 2.45) is 7.05 Å². The Morgan fingerprint density at radius 2 is 2.19 bits per heavy atom. The van der Waals surface area contributed by atoms with Crippen molar-refractivity contribution < 1.29 is 9.53 Å². The Morgan fingerprint density at radius 1 is 1.50 bits per heavy atom. The van der Waals surface area contributed by atoms with Crippen LogP contribution in [0, 0.1) is 0 Å². The van der Waals surface area contributed by atoms with Gasteiger partial charge in [-0.05, 0) is 36.8 Å². The van der Waals surface area contributed by atoms with Gasteiger partial charge in [0.15, 0.2) is 6.29 Å². The van der Waals surface area contributed by atoms with E-state index in [9.17, 15) is 4.79 Å². The molecule has 2 heterocycles. The average molecular weight is 221 g/mol. The molecular formula is C13H19NO2. The molecule has 0 bridgehead atoms. The molecule has 3 nitrogen and oxygen atoms in total. The minimum atomic E-state index is 0.500. The Kier molecular flexibility index (Phi) is 3.44. The summed E-state index contributed by atoms with van der Waals surface area (Å²) in [5, 5.41) is 0. The number of aryl methyl sites for hydroxylation is 1. The van der Waals surface area contributed by atoms with Crippen molar-refractivity contribution in [1.29, 1.82) is 0 Å². The van der Waals surface area contributed by atoms with E-state index >= 15 is 0 Å². The van der Waals surface area contributed by atoms with Crippen LogP contribution in [0.25, 0.3) is 0 Å². The molecule has 1 aromatic heterocycles. The van der Waals surface area contributed by atoms with Crippen molar-refractivity contribution in [1.82, 2.24) is 4.57 Å². The van der Waals surface area contributed by atoms with Gasteiger partial charge >= 0.3 is 0 Å². The zero-order valence-corrected chi connectivity index (χ0v) is 10.0. The smallest absolute Gasteiger partial charge is 0.166 e. The number of aromatic nitrogens is 1. The average Bonchev–Trinajstić information content (AvgIpc) is 2.66. The fraction of sp³-hybridized carbons (Fsp3) is 0.615. The molecule has 0 aromatic carbocycles. The van der Waals surface area contributed by atoms with Gasteiger partial charge in [0.2, 0.25) is 0 Å². The van der Waals surface area contributed by atoms with Gasteiger partial charge in [-0.25, -0.2) is 0 Å². The second kappa shape index (κ2) is 4.83. The molecule has 88 valence electrons. The van der Waals surface area contributed by atoms with Gasteiger partial charge in [-0.15, -0.1) is 0 Å². The zero-order valence-electron chi connectivity index (χ0n) is 10.0. The van der Waals surface area contributed by atoms with Crippen LogP contribution >= 0.6 is 0 Å². The lowest BCUT2D eigenvalue weighted by atomic mass is 9.91. The van der Waals surface area contributed by atoms with Crippen LogP contribution < -0.4 is 0 Å². The number of carbonyl (C=O) groups excluding carboxylic acids is 1. The van der Waals surface area contributed by atoms with E-state index in [4.69, 9.17) is 4.74 Å². The van der Waals surface area contributed by atoms with E-state index < -0.39 is 0 Å². The van der Waals surface area contributed by atoms with E-state index in [0.29, 0.717) is 5.92 Å². The van der Waals surface area contributed by atoms with E-state index in [1.165, 1.54) is 11.3 Å². The third-order valence-corrected chi connectivity index (χ3v) is 3.55. The van der Waals surface area contributed by atoms with Crippen LogP contribution in [-0.4, -0.2) is 24.1 Å². The summed E-state index contributed by atoms with van der Waals surface area (Å²) in [4.78, 5) is 11.2. The lowest BCUT2D eigenvalue weighted by Crippen LogP contribution is -2.15. The summed E-state index contributed by atoms with van der Waals surface area (Å²) in [6.45, 7) is 3.76. The molecule has 1 aliphatic heterocycles. The number of hydrogen-bond acceptors (Lipinski definition) is 2. The van der Waals surface area contributed by atoms with Crippen LogP contribution in [0.1, 0.15) is 47.4 Å². The van der Waals surface area contributed by atoms with Crippen LogP contribution in [0.4, 0.5) is 0 Å². The van der Waals surface area contributed by atoms with Gasteiger partial charge in [-0.2, -0.15) is 0 Å². The van der Waals surface area contributed by atoms with Gasteiger partial charge in [-0.3, -0.25) is 4.79 Å². The summed E-state index contributed by atoms with van der Waals surface area (Å²) in [6, 6.07) is 2.19. The van der Waals surface area contributed by atoms with Crippen molar-refractivity contribution in [2.75, 3.05) is 13.2 Å². The first-order chi connectivity index (χ1) is 7.77. The normalized spacial score (nSPS) is 17.6. The number of aldehydes is 1. The summed E-state index contributed by atoms with van der Waals surface area (Å²) < 4.78 is 7.39. The van der Waals surface area contributed by atoms with Crippen molar-refractivity contribution in [2.45, 2.75) is 32.1 Å². The van der Waals surface area contributed by atoms with E-state index in [0.717, 1.165) is 44.5 Å². The molecule has 3 heteroatoms. The van der Waals surface area contributed by atoms with Crippen molar-refractivity contribution in [3.05, 3.63) is 23.0 Å². The molecule has 16 heavy (non-hydrogen) atoms. The molecule has 0 atom stereocenters. The third-order valence-electron chi connectivity index (χ3n) is 3.55. The quantitative estimate of drug-likeness (QED) is 0.733. The first-order valence-corrected chi connectivity index (χ1v) is 5.99. The van der Waals surface area contributed by atoms with Gasteiger partial charge in [0.1, 0.15) is 0 Å². The molecule has 2 rings (SSSR count). The fourth-order valence-corrected chi connectivity index (χ4v) is 2.52. The molecule has 0 unspecified atom stereocenters. The SMILES string of the molecule is CCc1cc(C2CCOCC2)c(C=O)n1C. The number of nitrogens with zero attached hydrogens (tertiary/aromatic N) is 1. The molecule has 0 radical (unpaired) electrons. The van der Waals surface area contributed by atoms with Crippen molar-refractivity contribution in [3.63, 3.8) is 0 Å². The van der Waals surface area contributed by atoms with Gasteiger partial charge in [-0.1, -0.05) is 6.92 Å². The molecule has 0 saturated carbocycles. The second-order valence-corrected chi connectivity index (χ2v) is 4.39. The van der Waals surface area contributed by atoms with Crippen LogP contribution in [0.5, 0.6) is 0 Å². The number of hydrogen-bond donors (Lipinski definition) is 0. The first kappa shape index (κ1) is 11.4. The first-order valence-electron chi connectivity index (χ1n) is 5.99. The predicted octanol–water partition coefficient (Wildman–Crippen LogP) is 2.29. The lowest BCUT2D eigenvalue weighted by molar-refractivity contribution is 0.0849. The highest BCUT2D eigenvalue weighted by Gasteiger charge is 2.22. The maximum Gasteiger partial charge on any atom is 0.166 e. The van der Waals surface area contributed by atoms with Crippen LogP contribution in [0.3, 0.4) is 0 Å². The Hall–Kier alpha value is -1.09. The highest BCUT2D eigenvalue weighted by atomic mass is 16.5.